The number of anilines is 1. The first-order valence-electron chi connectivity index (χ1n) is 10.6. The van der Waals surface area contributed by atoms with Crippen molar-refractivity contribution in [3.05, 3.63) is 39.8 Å². The Labute approximate surface area is 194 Å². The van der Waals surface area contributed by atoms with Gasteiger partial charge < -0.3 is 24.3 Å². The number of methoxy groups -OCH3 is 1. The minimum Gasteiger partial charge on any atom is -0.486 e. The molecule has 10 heteroatoms. The van der Waals surface area contributed by atoms with Gasteiger partial charge in [0.25, 0.3) is 5.91 Å². The van der Waals surface area contributed by atoms with Gasteiger partial charge in [0.05, 0.1) is 19.1 Å². The van der Waals surface area contributed by atoms with E-state index in [-0.39, 0.29) is 18.6 Å². The van der Waals surface area contributed by atoms with Crippen LogP contribution in [-0.4, -0.2) is 50.6 Å². The fraction of sp³-hybridized carbons (Fsp3) is 0.391. The quantitative estimate of drug-likeness (QED) is 0.459. The number of carbonyl (C=O) groups excluding carboxylic acids is 4. The number of ketones is 1. The Morgan fingerprint density at radius 3 is 2.64 bits per heavy atom. The van der Waals surface area contributed by atoms with Crippen LogP contribution in [0.15, 0.2) is 18.2 Å². The van der Waals surface area contributed by atoms with Crippen LogP contribution in [0.3, 0.4) is 0 Å². The van der Waals surface area contributed by atoms with E-state index in [2.05, 4.69) is 5.32 Å². The van der Waals surface area contributed by atoms with Crippen LogP contribution in [-0.2, 0) is 31.9 Å². The molecule has 1 N–H and O–H groups in total. The van der Waals surface area contributed by atoms with Crippen LogP contribution in [0.5, 0.6) is 11.5 Å². The molecule has 4 rings (SSSR count). The molecule has 1 aromatic carbocycles. The van der Waals surface area contributed by atoms with Gasteiger partial charge in [-0.05, 0) is 43.0 Å². The van der Waals surface area contributed by atoms with E-state index in [1.165, 1.54) is 18.4 Å². The summed E-state index contributed by atoms with van der Waals surface area (Å²) in [4.78, 5) is 49.9. The average molecular weight is 474 g/mol. The van der Waals surface area contributed by atoms with Gasteiger partial charge in [0.15, 0.2) is 23.9 Å². The maximum absolute atomic E-state index is 12.4. The normalized spacial score (nSPS) is 13.7. The topological polar surface area (TPSA) is 117 Å². The molecule has 174 valence electrons. The molecule has 0 saturated heterocycles. The molecular weight excluding hydrogens is 450 g/mol. The molecule has 0 spiro atoms. The number of esters is 2. The van der Waals surface area contributed by atoms with Crippen molar-refractivity contribution in [3.63, 3.8) is 0 Å². The van der Waals surface area contributed by atoms with Gasteiger partial charge >= 0.3 is 11.9 Å². The molecule has 1 aliphatic carbocycles. The molecule has 0 bridgehead atoms. The van der Waals surface area contributed by atoms with E-state index in [0.717, 1.165) is 29.7 Å². The number of aryl methyl sites for hydroxylation is 1. The Morgan fingerprint density at radius 1 is 1.06 bits per heavy atom. The first-order chi connectivity index (χ1) is 16.0. The second-order valence-electron chi connectivity index (χ2n) is 7.54. The summed E-state index contributed by atoms with van der Waals surface area (Å²) in [5.41, 5.74) is 1.70. The van der Waals surface area contributed by atoms with E-state index in [4.69, 9.17) is 18.9 Å². The third kappa shape index (κ3) is 5.16. The molecule has 2 aliphatic rings. The van der Waals surface area contributed by atoms with Gasteiger partial charge in [-0.2, -0.15) is 0 Å². The van der Waals surface area contributed by atoms with Crippen molar-refractivity contribution in [2.75, 3.05) is 32.2 Å². The lowest BCUT2D eigenvalue weighted by Gasteiger charge is -2.18. The number of thiophene rings is 1. The molecule has 0 saturated carbocycles. The maximum atomic E-state index is 12.4. The SMILES string of the molecule is COC(=O)c1c(NC(=O)COC(=O)CCC(=O)c2ccc3c(c2)OCCO3)sc2c1CCC2. The molecule has 2 heterocycles. The second-order valence-corrected chi connectivity index (χ2v) is 8.65. The van der Waals surface area contributed by atoms with E-state index in [9.17, 15) is 19.2 Å². The van der Waals surface area contributed by atoms with Gasteiger partial charge in [0, 0.05) is 16.9 Å². The van der Waals surface area contributed by atoms with Crippen molar-refractivity contribution < 1.29 is 38.1 Å². The van der Waals surface area contributed by atoms with Crippen LogP contribution in [0, 0.1) is 0 Å². The molecule has 2 aromatic rings. The van der Waals surface area contributed by atoms with Crippen molar-refractivity contribution in [3.8, 4) is 11.5 Å². The smallest absolute Gasteiger partial charge is 0.341 e. The zero-order chi connectivity index (χ0) is 23.4. The number of hydrogen-bond donors (Lipinski definition) is 1. The first kappa shape index (κ1) is 22.8. The lowest BCUT2D eigenvalue weighted by molar-refractivity contribution is -0.147. The van der Waals surface area contributed by atoms with Crippen molar-refractivity contribution in [1.82, 2.24) is 0 Å². The Hall–Kier alpha value is -3.40. The van der Waals surface area contributed by atoms with Gasteiger partial charge in [0.1, 0.15) is 18.2 Å². The third-order valence-corrected chi connectivity index (χ3v) is 6.56. The highest BCUT2D eigenvalue weighted by molar-refractivity contribution is 7.17. The number of Topliss-reactive ketones (excluding diaryl/α,β-unsaturated/α-hetero) is 1. The molecule has 1 aromatic heterocycles. The van der Waals surface area contributed by atoms with Crippen molar-refractivity contribution in [2.24, 2.45) is 0 Å². The molecule has 0 fully saturated rings. The summed E-state index contributed by atoms with van der Waals surface area (Å²) in [6.07, 6.45) is 2.35. The maximum Gasteiger partial charge on any atom is 0.341 e. The number of carbonyl (C=O) groups is 4. The molecular formula is C23H23NO8S. The number of fused-ring (bicyclic) bond motifs is 2. The largest absolute Gasteiger partial charge is 0.486 e. The number of ether oxygens (including phenoxy) is 4. The summed E-state index contributed by atoms with van der Waals surface area (Å²) in [6.45, 7) is 0.354. The third-order valence-electron chi connectivity index (χ3n) is 5.35. The van der Waals surface area contributed by atoms with Crippen LogP contribution < -0.4 is 14.8 Å². The van der Waals surface area contributed by atoms with Crippen LogP contribution >= 0.6 is 11.3 Å². The fourth-order valence-corrected chi connectivity index (χ4v) is 5.06. The fourth-order valence-electron chi connectivity index (χ4n) is 3.77. The van der Waals surface area contributed by atoms with Crippen LogP contribution in [0.2, 0.25) is 0 Å². The lowest BCUT2D eigenvalue weighted by Crippen LogP contribution is -2.22. The zero-order valence-corrected chi connectivity index (χ0v) is 18.9. The average Bonchev–Trinajstić information content (AvgIpc) is 3.41. The Kier molecular flexibility index (Phi) is 6.93. The predicted molar refractivity (Wildman–Crippen MR) is 118 cm³/mol. The molecule has 1 aliphatic heterocycles. The summed E-state index contributed by atoms with van der Waals surface area (Å²) in [5.74, 6) is -0.903. The molecule has 0 radical (unpaired) electrons. The standard InChI is InChI=1S/C23H23NO8S/c1-29-23(28)21-14-3-2-4-18(14)33-22(21)24-19(26)12-32-20(27)8-6-15(25)13-5-7-16-17(11-13)31-10-9-30-16/h5,7,11H,2-4,6,8-10,12H2,1H3,(H,24,26). The molecule has 0 atom stereocenters. The summed E-state index contributed by atoms with van der Waals surface area (Å²) in [7, 11) is 1.29. The van der Waals surface area contributed by atoms with E-state index >= 15 is 0 Å². The van der Waals surface area contributed by atoms with Gasteiger partial charge in [-0.1, -0.05) is 0 Å². The van der Waals surface area contributed by atoms with Crippen LogP contribution in [0.4, 0.5) is 5.00 Å². The zero-order valence-electron chi connectivity index (χ0n) is 18.1. The van der Waals surface area contributed by atoms with E-state index in [1.54, 1.807) is 18.2 Å². The highest BCUT2D eigenvalue weighted by Crippen LogP contribution is 2.39. The number of benzene rings is 1. The van der Waals surface area contributed by atoms with E-state index < -0.39 is 24.5 Å². The predicted octanol–water partition coefficient (Wildman–Crippen LogP) is 2.94. The van der Waals surface area contributed by atoms with E-state index in [1.807, 2.05) is 0 Å². The summed E-state index contributed by atoms with van der Waals surface area (Å²) in [6, 6.07) is 4.87. The minimum atomic E-state index is -0.669. The number of rotatable bonds is 8. The summed E-state index contributed by atoms with van der Waals surface area (Å²) >= 11 is 1.34. The number of hydrogen-bond acceptors (Lipinski definition) is 9. The van der Waals surface area contributed by atoms with Gasteiger partial charge in [0.2, 0.25) is 0 Å². The Morgan fingerprint density at radius 2 is 1.85 bits per heavy atom. The van der Waals surface area contributed by atoms with Crippen LogP contribution in [0.25, 0.3) is 0 Å². The Balaban J connectivity index is 1.26. The highest BCUT2D eigenvalue weighted by Gasteiger charge is 2.28. The number of amides is 1. The monoisotopic (exact) mass is 473 g/mol. The second kappa shape index (κ2) is 10.0. The number of nitrogens with one attached hydrogen (secondary N) is 1. The summed E-state index contributed by atoms with van der Waals surface area (Å²) in [5, 5.41) is 3.04. The first-order valence-corrected chi connectivity index (χ1v) is 11.4. The van der Waals surface area contributed by atoms with Crippen LogP contribution in [0.1, 0.15) is 50.4 Å². The minimum absolute atomic E-state index is 0.0652. The Bertz CT molecular complexity index is 1110. The summed E-state index contributed by atoms with van der Waals surface area (Å²) < 4.78 is 20.7. The molecule has 0 unspecified atom stereocenters. The molecule has 9 nitrogen and oxygen atoms in total. The van der Waals surface area contributed by atoms with Crippen molar-refractivity contribution in [2.45, 2.75) is 32.1 Å². The van der Waals surface area contributed by atoms with Gasteiger partial charge in [-0.3, -0.25) is 14.4 Å². The molecule has 1 amide bonds. The van der Waals surface area contributed by atoms with E-state index in [0.29, 0.717) is 40.8 Å². The van der Waals surface area contributed by atoms with Crippen molar-refractivity contribution in [1.29, 1.82) is 0 Å². The van der Waals surface area contributed by atoms with Gasteiger partial charge in [-0.15, -0.1) is 11.3 Å². The lowest BCUT2D eigenvalue weighted by atomic mass is 10.1. The highest BCUT2D eigenvalue weighted by atomic mass is 32.1. The molecule has 33 heavy (non-hydrogen) atoms. The van der Waals surface area contributed by atoms with Gasteiger partial charge in [-0.25, -0.2) is 4.79 Å². The van der Waals surface area contributed by atoms with Crippen molar-refractivity contribution >= 4 is 40.0 Å².